The van der Waals surface area contributed by atoms with Crippen LogP contribution in [0.2, 0.25) is 0 Å². The van der Waals surface area contributed by atoms with Gasteiger partial charge >= 0.3 is 7.12 Å². The molecule has 0 aromatic carbocycles. The Morgan fingerprint density at radius 1 is 1.08 bits per heavy atom. The zero-order chi connectivity index (χ0) is 18.2. The standard InChI is InChI=1S/C17H21BN4O3/c1-11-9-21-13(10-20-11)15(23)22-12-6-7-19-14(8-12)18-24-16(2,3)17(4,5)25-18/h6-10H,1-5H3,(H,19,22,23). The lowest BCUT2D eigenvalue weighted by Gasteiger charge is -2.32. The van der Waals surface area contributed by atoms with Gasteiger partial charge in [-0.25, -0.2) is 4.98 Å². The van der Waals surface area contributed by atoms with Gasteiger partial charge in [-0.05, 0) is 46.8 Å². The number of nitrogens with zero attached hydrogens (tertiary/aromatic N) is 3. The second kappa shape index (κ2) is 6.20. The molecule has 1 aliphatic rings. The van der Waals surface area contributed by atoms with E-state index >= 15 is 0 Å². The van der Waals surface area contributed by atoms with E-state index in [0.29, 0.717) is 11.3 Å². The number of hydrogen-bond acceptors (Lipinski definition) is 6. The number of pyridine rings is 1. The summed E-state index contributed by atoms with van der Waals surface area (Å²) in [6.07, 6.45) is 4.61. The van der Waals surface area contributed by atoms with Crippen LogP contribution in [0.15, 0.2) is 30.7 Å². The van der Waals surface area contributed by atoms with Gasteiger partial charge in [-0.3, -0.25) is 14.8 Å². The van der Waals surface area contributed by atoms with Crippen molar-refractivity contribution in [2.75, 3.05) is 5.32 Å². The number of carbonyl (C=O) groups excluding carboxylic acids is 1. The van der Waals surface area contributed by atoms with E-state index in [-0.39, 0.29) is 11.6 Å². The first kappa shape index (κ1) is 17.5. The van der Waals surface area contributed by atoms with Gasteiger partial charge in [0.25, 0.3) is 5.91 Å². The summed E-state index contributed by atoms with van der Waals surface area (Å²) in [5, 5.41) is 2.79. The molecular formula is C17H21BN4O3. The molecule has 2 aromatic rings. The fourth-order valence-corrected chi connectivity index (χ4v) is 2.32. The molecule has 0 unspecified atom stereocenters. The van der Waals surface area contributed by atoms with Gasteiger partial charge in [-0.1, -0.05) is 0 Å². The predicted molar refractivity (Wildman–Crippen MR) is 94.7 cm³/mol. The fourth-order valence-electron chi connectivity index (χ4n) is 2.32. The maximum atomic E-state index is 12.3. The minimum atomic E-state index is -0.582. The Morgan fingerprint density at radius 2 is 1.76 bits per heavy atom. The molecule has 1 aliphatic heterocycles. The van der Waals surface area contributed by atoms with Crippen molar-refractivity contribution in [1.29, 1.82) is 0 Å². The normalized spacial score (nSPS) is 18.2. The summed E-state index contributed by atoms with van der Waals surface area (Å²) in [4.78, 5) is 24.7. The van der Waals surface area contributed by atoms with Gasteiger partial charge in [0.15, 0.2) is 0 Å². The quantitative estimate of drug-likeness (QED) is 0.857. The molecule has 8 heteroatoms. The molecule has 1 fully saturated rings. The van der Waals surface area contributed by atoms with Crippen molar-refractivity contribution in [1.82, 2.24) is 15.0 Å². The molecule has 1 amide bonds. The molecule has 1 N–H and O–H groups in total. The van der Waals surface area contributed by atoms with Gasteiger partial charge in [-0.15, -0.1) is 0 Å². The van der Waals surface area contributed by atoms with E-state index in [1.165, 1.54) is 6.20 Å². The third-order valence-corrected chi connectivity index (χ3v) is 4.55. The van der Waals surface area contributed by atoms with Crippen LogP contribution in [-0.4, -0.2) is 39.2 Å². The van der Waals surface area contributed by atoms with Gasteiger partial charge < -0.3 is 14.6 Å². The van der Waals surface area contributed by atoms with Crippen LogP contribution in [0.1, 0.15) is 43.9 Å². The first-order valence-electron chi connectivity index (χ1n) is 8.09. The van der Waals surface area contributed by atoms with Crippen molar-refractivity contribution in [3.8, 4) is 0 Å². The SMILES string of the molecule is Cc1cnc(C(=O)Nc2ccnc(B3OC(C)(C)C(C)(C)O3)c2)cn1. The van der Waals surface area contributed by atoms with E-state index in [4.69, 9.17) is 9.31 Å². The van der Waals surface area contributed by atoms with Crippen molar-refractivity contribution in [2.45, 2.75) is 45.8 Å². The summed E-state index contributed by atoms with van der Waals surface area (Å²) in [5.74, 6) is -0.335. The molecule has 0 spiro atoms. The van der Waals surface area contributed by atoms with Gasteiger partial charge in [0.2, 0.25) is 0 Å². The van der Waals surface area contributed by atoms with E-state index in [1.54, 1.807) is 24.5 Å². The summed E-state index contributed by atoms with van der Waals surface area (Å²) < 4.78 is 12.0. The number of anilines is 1. The van der Waals surface area contributed by atoms with Crippen LogP contribution < -0.4 is 10.9 Å². The average Bonchev–Trinajstić information content (AvgIpc) is 2.76. The number of hydrogen-bond donors (Lipinski definition) is 1. The molecule has 0 radical (unpaired) electrons. The largest absolute Gasteiger partial charge is 0.514 e. The number of carbonyl (C=O) groups is 1. The molecule has 0 atom stereocenters. The predicted octanol–water partition coefficient (Wildman–Crippen LogP) is 1.73. The van der Waals surface area contributed by atoms with Crippen molar-refractivity contribution >= 4 is 24.3 Å². The second-order valence-corrected chi connectivity index (χ2v) is 7.05. The van der Waals surface area contributed by atoms with Crippen LogP contribution in [0.5, 0.6) is 0 Å². The minimum absolute atomic E-state index is 0.250. The Kier molecular flexibility index (Phi) is 4.34. The highest BCUT2D eigenvalue weighted by Crippen LogP contribution is 2.36. The maximum Gasteiger partial charge on any atom is 0.514 e. The molecule has 0 bridgehead atoms. The Hall–Kier alpha value is -2.32. The topological polar surface area (TPSA) is 86.2 Å². The van der Waals surface area contributed by atoms with Crippen LogP contribution in [0, 0.1) is 6.92 Å². The number of aromatic nitrogens is 3. The summed E-state index contributed by atoms with van der Waals surface area (Å²) in [5.41, 5.74) is 1.30. The highest BCUT2D eigenvalue weighted by Gasteiger charge is 2.52. The van der Waals surface area contributed by atoms with Gasteiger partial charge in [0.1, 0.15) is 5.69 Å². The fraction of sp³-hybridized carbons (Fsp3) is 0.412. The molecule has 0 aliphatic carbocycles. The summed E-state index contributed by atoms with van der Waals surface area (Å²) in [6, 6.07) is 3.44. The van der Waals surface area contributed by atoms with Gasteiger partial charge in [-0.2, -0.15) is 0 Å². The molecule has 3 rings (SSSR count). The number of rotatable bonds is 3. The van der Waals surface area contributed by atoms with Crippen LogP contribution in [0.3, 0.4) is 0 Å². The monoisotopic (exact) mass is 340 g/mol. The molecule has 2 aromatic heterocycles. The van der Waals surface area contributed by atoms with Gasteiger partial charge in [0, 0.05) is 18.1 Å². The summed E-state index contributed by atoms with van der Waals surface area (Å²) in [6.45, 7) is 9.74. The van der Waals surface area contributed by atoms with Crippen molar-refractivity contribution in [3.63, 3.8) is 0 Å². The summed E-state index contributed by atoms with van der Waals surface area (Å²) >= 11 is 0. The molecule has 130 valence electrons. The van der Waals surface area contributed by atoms with Gasteiger partial charge in [0.05, 0.1) is 28.7 Å². The molecule has 0 saturated carbocycles. The third-order valence-electron chi connectivity index (χ3n) is 4.55. The molecule has 7 nitrogen and oxygen atoms in total. The lowest BCUT2D eigenvalue weighted by molar-refractivity contribution is 0.00578. The molecule has 3 heterocycles. The Labute approximate surface area is 147 Å². The lowest BCUT2D eigenvalue weighted by atomic mass is 9.84. The van der Waals surface area contributed by atoms with E-state index in [1.807, 2.05) is 34.6 Å². The molecule has 25 heavy (non-hydrogen) atoms. The average molecular weight is 340 g/mol. The van der Waals surface area contributed by atoms with Crippen LogP contribution in [0.4, 0.5) is 5.69 Å². The van der Waals surface area contributed by atoms with Crippen LogP contribution in [-0.2, 0) is 9.31 Å². The zero-order valence-electron chi connectivity index (χ0n) is 15.0. The van der Waals surface area contributed by atoms with E-state index < -0.39 is 18.3 Å². The van der Waals surface area contributed by atoms with Crippen molar-refractivity contribution in [2.24, 2.45) is 0 Å². The minimum Gasteiger partial charge on any atom is -0.398 e. The summed E-state index contributed by atoms with van der Waals surface area (Å²) in [7, 11) is -0.582. The van der Waals surface area contributed by atoms with Crippen molar-refractivity contribution < 1.29 is 14.1 Å². The zero-order valence-corrected chi connectivity index (χ0v) is 15.0. The Bertz CT molecular complexity index is 777. The van der Waals surface area contributed by atoms with Crippen molar-refractivity contribution in [3.05, 3.63) is 42.1 Å². The Balaban J connectivity index is 1.76. The maximum absolute atomic E-state index is 12.3. The Morgan fingerprint density at radius 3 is 2.36 bits per heavy atom. The second-order valence-electron chi connectivity index (χ2n) is 7.05. The highest BCUT2D eigenvalue weighted by molar-refractivity contribution is 6.61. The van der Waals surface area contributed by atoms with Crippen LogP contribution in [0.25, 0.3) is 0 Å². The van der Waals surface area contributed by atoms with E-state index in [0.717, 1.165) is 5.69 Å². The number of aryl methyl sites for hydroxylation is 1. The first-order chi connectivity index (χ1) is 11.7. The molecular weight excluding hydrogens is 319 g/mol. The molecule has 1 saturated heterocycles. The first-order valence-corrected chi connectivity index (χ1v) is 8.09. The number of nitrogens with one attached hydrogen (secondary N) is 1. The smallest absolute Gasteiger partial charge is 0.398 e. The highest BCUT2D eigenvalue weighted by atomic mass is 16.7. The lowest BCUT2D eigenvalue weighted by Crippen LogP contribution is -2.41. The number of amides is 1. The van der Waals surface area contributed by atoms with E-state index in [9.17, 15) is 4.79 Å². The van der Waals surface area contributed by atoms with E-state index in [2.05, 4.69) is 20.3 Å². The van der Waals surface area contributed by atoms with Crippen LogP contribution >= 0.6 is 0 Å². The third kappa shape index (κ3) is 3.55.